The van der Waals surface area contributed by atoms with E-state index in [2.05, 4.69) is 0 Å². The molecule has 6 heteroatoms. The fourth-order valence-corrected chi connectivity index (χ4v) is 2.80. The predicted molar refractivity (Wildman–Crippen MR) is 87.3 cm³/mol. The van der Waals surface area contributed by atoms with Gasteiger partial charge in [-0.25, -0.2) is 4.39 Å². The maximum absolute atomic E-state index is 14.0. The zero-order chi connectivity index (χ0) is 17.3. The number of halogens is 1. The van der Waals surface area contributed by atoms with E-state index in [1.54, 1.807) is 30.3 Å². The molecule has 0 aromatic heterocycles. The Morgan fingerprint density at radius 3 is 2.71 bits per heavy atom. The van der Waals surface area contributed by atoms with Gasteiger partial charge in [-0.05, 0) is 41.8 Å². The number of fused-ring (bicyclic) bond motifs is 1. The summed E-state index contributed by atoms with van der Waals surface area (Å²) in [6, 6.07) is 9.44. The highest BCUT2D eigenvalue weighted by Crippen LogP contribution is 2.23. The first-order valence-corrected chi connectivity index (χ1v) is 7.55. The Morgan fingerprint density at radius 2 is 2.00 bits per heavy atom. The van der Waals surface area contributed by atoms with Crippen LogP contribution >= 0.6 is 0 Å². The van der Waals surface area contributed by atoms with E-state index in [0.717, 1.165) is 0 Å². The number of benzene rings is 2. The second kappa shape index (κ2) is 6.31. The molecule has 0 radical (unpaired) electrons. The zero-order valence-corrected chi connectivity index (χ0v) is 13.2. The van der Waals surface area contributed by atoms with Crippen LogP contribution in [0.2, 0.25) is 0 Å². The van der Waals surface area contributed by atoms with E-state index in [1.807, 2.05) is 0 Å². The summed E-state index contributed by atoms with van der Waals surface area (Å²) in [4.78, 5) is 25.9. The van der Waals surface area contributed by atoms with Crippen LogP contribution in [0.25, 0.3) is 0 Å². The number of imide groups is 1. The molecule has 0 unspecified atom stereocenters. The molecule has 1 heterocycles. The summed E-state index contributed by atoms with van der Waals surface area (Å²) in [7, 11) is 1.46. The number of methoxy groups -OCH3 is 1. The summed E-state index contributed by atoms with van der Waals surface area (Å²) >= 11 is 0. The number of hydrogen-bond acceptors (Lipinski definition) is 4. The molecule has 3 rings (SSSR count). The van der Waals surface area contributed by atoms with E-state index >= 15 is 0 Å². The number of ether oxygens (including phenoxy) is 1. The van der Waals surface area contributed by atoms with Gasteiger partial charge in [-0.2, -0.15) is 0 Å². The lowest BCUT2D eigenvalue weighted by Crippen LogP contribution is -2.43. The van der Waals surface area contributed by atoms with Gasteiger partial charge in [-0.1, -0.05) is 6.07 Å². The van der Waals surface area contributed by atoms with Gasteiger partial charge in [-0.3, -0.25) is 14.5 Å². The van der Waals surface area contributed by atoms with Crippen molar-refractivity contribution in [3.05, 3.63) is 58.9 Å². The Bertz CT molecular complexity index is 820. The largest absolute Gasteiger partial charge is 0.497 e. The van der Waals surface area contributed by atoms with Gasteiger partial charge in [0.15, 0.2) is 0 Å². The highest BCUT2D eigenvalue weighted by Gasteiger charge is 2.30. The van der Waals surface area contributed by atoms with Gasteiger partial charge in [0, 0.05) is 23.9 Å². The van der Waals surface area contributed by atoms with Crippen LogP contribution in [0.15, 0.2) is 36.4 Å². The summed E-state index contributed by atoms with van der Waals surface area (Å²) in [5.74, 6) is -0.658. The average Bonchev–Trinajstić information content (AvgIpc) is 2.55. The molecular weight excluding hydrogens is 311 g/mol. The maximum Gasteiger partial charge on any atom is 0.260 e. The lowest BCUT2D eigenvalue weighted by Gasteiger charge is -2.27. The van der Waals surface area contributed by atoms with Crippen molar-refractivity contribution in [2.24, 2.45) is 0 Å². The van der Waals surface area contributed by atoms with Gasteiger partial charge < -0.3 is 10.5 Å². The maximum atomic E-state index is 14.0. The molecule has 0 spiro atoms. The summed E-state index contributed by atoms with van der Waals surface area (Å²) in [6.07, 6.45) is 0.370. The van der Waals surface area contributed by atoms with Gasteiger partial charge in [-0.15, -0.1) is 0 Å². The molecule has 0 saturated carbocycles. The van der Waals surface area contributed by atoms with Crippen LogP contribution in [-0.4, -0.2) is 30.4 Å². The minimum Gasteiger partial charge on any atom is -0.497 e. The van der Waals surface area contributed by atoms with E-state index in [4.69, 9.17) is 10.5 Å². The SMILES string of the molecule is COc1ccc(CCN2C(=O)Cc3cc(N)ccc3C2=O)c(F)c1. The van der Waals surface area contributed by atoms with Crippen LogP contribution in [-0.2, 0) is 17.6 Å². The van der Waals surface area contributed by atoms with Crippen molar-refractivity contribution in [1.29, 1.82) is 0 Å². The van der Waals surface area contributed by atoms with E-state index in [0.29, 0.717) is 28.1 Å². The van der Waals surface area contributed by atoms with E-state index in [9.17, 15) is 14.0 Å². The molecular formula is C18H17FN2O3. The zero-order valence-electron chi connectivity index (χ0n) is 13.2. The van der Waals surface area contributed by atoms with Gasteiger partial charge >= 0.3 is 0 Å². The molecule has 0 saturated heterocycles. The van der Waals surface area contributed by atoms with Gasteiger partial charge in [0.2, 0.25) is 5.91 Å². The molecule has 5 nitrogen and oxygen atoms in total. The Morgan fingerprint density at radius 1 is 1.21 bits per heavy atom. The summed E-state index contributed by atoms with van der Waals surface area (Å²) in [5, 5.41) is 0. The number of hydrogen-bond donors (Lipinski definition) is 1. The molecule has 24 heavy (non-hydrogen) atoms. The second-order valence-corrected chi connectivity index (χ2v) is 5.65. The van der Waals surface area contributed by atoms with Crippen LogP contribution in [0.4, 0.5) is 10.1 Å². The minimum absolute atomic E-state index is 0.122. The van der Waals surface area contributed by atoms with Crippen molar-refractivity contribution in [1.82, 2.24) is 4.90 Å². The van der Waals surface area contributed by atoms with Crippen molar-refractivity contribution in [3.8, 4) is 5.75 Å². The van der Waals surface area contributed by atoms with E-state index in [-0.39, 0.29) is 31.2 Å². The summed E-state index contributed by atoms with van der Waals surface area (Å²) in [5.41, 5.74) is 7.75. The topological polar surface area (TPSA) is 72.6 Å². The molecule has 2 aromatic rings. The molecule has 2 N–H and O–H groups in total. The number of carbonyl (C=O) groups is 2. The molecule has 1 aliphatic rings. The fraction of sp³-hybridized carbons (Fsp3) is 0.222. The average molecular weight is 328 g/mol. The Kier molecular flexibility index (Phi) is 4.20. The van der Waals surface area contributed by atoms with Crippen molar-refractivity contribution in [2.75, 3.05) is 19.4 Å². The number of rotatable bonds is 4. The third-order valence-electron chi connectivity index (χ3n) is 4.11. The number of amides is 2. The number of anilines is 1. The molecule has 2 aromatic carbocycles. The fourth-order valence-electron chi connectivity index (χ4n) is 2.80. The molecule has 0 aliphatic carbocycles. The number of nitrogen functional groups attached to an aromatic ring is 1. The monoisotopic (exact) mass is 328 g/mol. The summed E-state index contributed by atoms with van der Waals surface area (Å²) in [6.45, 7) is 0.130. The predicted octanol–water partition coefficient (Wildman–Crippen LogP) is 2.18. The Balaban J connectivity index is 1.77. The first kappa shape index (κ1) is 16.0. The molecule has 0 bridgehead atoms. The second-order valence-electron chi connectivity index (χ2n) is 5.65. The first-order valence-electron chi connectivity index (χ1n) is 7.55. The highest BCUT2D eigenvalue weighted by molar-refractivity contribution is 6.09. The molecule has 0 fully saturated rings. The van der Waals surface area contributed by atoms with Crippen molar-refractivity contribution in [3.63, 3.8) is 0 Å². The van der Waals surface area contributed by atoms with Crippen LogP contribution < -0.4 is 10.5 Å². The quantitative estimate of drug-likeness (QED) is 0.690. The minimum atomic E-state index is -0.417. The summed E-state index contributed by atoms with van der Waals surface area (Å²) < 4.78 is 18.9. The van der Waals surface area contributed by atoms with Crippen molar-refractivity contribution in [2.45, 2.75) is 12.8 Å². The van der Waals surface area contributed by atoms with Crippen molar-refractivity contribution >= 4 is 17.5 Å². The van der Waals surface area contributed by atoms with E-state index < -0.39 is 5.82 Å². The van der Waals surface area contributed by atoms with Crippen molar-refractivity contribution < 1.29 is 18.7 Å². The standard InChI is InChI=1S/C18H17FN2O3/c1-24-14-4-2-11(16(19)10-14)6-7-21-17(22)9-12-8-13(20)3-5-15(12)18(21)23/h2-5,8,10H,6-7,9,20H2,1H3. The molecule has 1 aliphatic heterocycles. The van der Waals surface area contributed by atoms with Gasteiger partial charge in [0.1, 0.15) is 11.6 Å². The first-order chi connectivity index (χ1) is 11.5. The number of nitrogens with zero attached hydrogens (tertiary/aromatic N) is 1. The lowest BCUT2D eigenvalue weighted by molar-refractivity contribution is -0.128. The number of nitrogens with two attached hydrogens (primary N) is 1. The lowest BCUT2D eigenvalue weighted by atomic mass is 9.97. The molecule has 124 valence electrons. The van der Waals surface area contributed by atoms with Crippen LogP contribution in [0.3, 0.4) is 0 Å². The molecule has 2 amide bonds. The van der Waals surface area contributed by atoms with Crippen LogP contribution in [0.1, 0.15) is 21.5 Å². The van der Waals surface area contributed by atoms with Gasteiger partial charge in [0.05, 0.1) is 13.5 Å². The third-order valence-corrected chi connectivity index (χ3v) is 4.11. The highest BCUT2D eigenvalue weighted by atomic mass is 19.1. The molecule has 0 atom stereocenters. The van der Waals surface area contributed by atoms with E-state index in [1.165, 1.54) is 18.1 Å². The van der Waals surface area contributed by atoms with Crippen LogP contribution in [0, 0.1) is 5.82 Å². The third kappa shape index (κ3) is 2.95. The Labute approximate surface area is 138 Å². The Hall–Kier alpha value is -2.89. The smallest absolute Gasteiger partial charge is 0.260 e. The number of carbonyl (C=O) groups excluding carboxylic acids is 2. The normalized spacial score (nSPS) is 13.8. The van der Waals surface area contributed by atoms with Crippen LogP contribution in [0.5, 0.6) is 5.75 Å². The van der Waals surface area contributed by atoms with Gasteiger partial charge in [0.25, 0.3) is 5.91 Å².